The molecule has 0 atom stereocenters. The van der Waals surface area contributed by atoms with Gasteiger partial charge in [0, 0.05) is 57.9 Å². The number of benzene rings is 1. The van der Waals surface area contributed by atoms with Gasteiger partial charge in [0.05, 0.1) is 5.56 Å². The van der Waals surface area contributed by atoms with Crippen molar-refractivity contribution in [3.63, 3.8) is 0 Å². The monoisotopic (exact) mass is 446 g/mol. The summed E-state index contributed by atoms with van der Waals surface area (Å²) in [5.41, 5.74) is 1.82. The topological polar surface area (TPSA) is 39.7 Å². The normalized spacial score (nSPS) is 18.8. The van der Waals surface area contributed by atoms with Gasteiger partial charge in [0.25, 0.3) is 0 Å². The summed E-state index contributed by atoms with van der Waals surface area (Å²) in [6.45, 7) is 7.48. The van der Waals surface area contributed by atoms with E-state index in [4.69, 9.17) is 0 Å². The Bertz CT molecular complexity index is 916. The first-order valence-corrected chi connectivity index (χ1v) is 11.1. The second-order valence-corrected chi connectivity index (χ2v) is 8.75. The van der Waals surface area contributed by atoms with E-state index < -0.39 is 11.7 Å². The van der Waals surface area contributed by atoms with Gasteiger partial charge in [0.1, 0.15) is 5.82 Å². The predicted molar refractivity (Wildman–Crippen MR) is 117 cm³/mol. The molecule has 0 N–H and O–H groups in total. The zero-order valence-corrected chi connectivity index (χ0v) is 18.3. The molecule has 0 radical (unpaired) electrons. The average Bonchev–Trinajstić information content (AvgIpc) is 2.79. The van der Waals surface area contributed by atoms with E-state index in [2.05, 4.69) is 41.1 Å². The molecule has 4 rings (SSSR count). The number of nitrogens with zero attached hydrogens (tertiary/aromatic N) is 4. The second-order valence-electron chi connectivity index (χ2n) is 8.75. The third-order valence-electron chi connectivity index (χ3n) is 6.42. The van der Waals surface area contributed by atoms with Crippen molar-refractivity contribution < 1.29 is 18.0 Å². The summed E-state index contributed by atoms with van der Waals surface area (Å²) in [4.78, 5) is 23.3. The molecule has 3 heterocycles. The number of carbonyl (C=O) groups is 1. The summed E-state index contributed by atoms with van der Waals surface area (Å²) in [6, 6.07) is 11.0. The highest BCUT2D eigenvalue weighted by molar-refractivity contribution is 5.79. The van der Waals surface area contributed by atoms with Crippen LogP contribution in [-0.2, 0) is 17.5 Å². The molecule has 1 amide bonds. The minimum Gasteiger partial charge on any atom is -0.357 e. The molecule has 2 fully saturated rings. The lowest BCUT2D eigenvalue weighted by molar-refractivity contribution is -0.138. The third kappa shape index (κ3) is 5.41. The number of hydrogen-bond donors (Lipinski definition) is 0. The summed E-state index contributed by atoms with van der Waals surface area (Å²) in [6.07, 6.45) is -2.10. The Balaban J connectivity index is 1.24. The summed E-state index contributed by atoms with van der Waals surface area (Å²) in [5.74, 6) is 0.720. The summed E-state index contributed by atoms with van der Waals surface area (Å²) < 4.78 is 38.2. The van der Waals surface area contributed by atoms with Crippen molar-refractivity contribution in [1.29, 1.82) is 0 Å². The minimum atomic E-state index is -4.38. The summed E-state index contributed by atoms with van der Waals surface area (Å²) >= 11 is 0. The van der Waals surface area contributed by atoms with E-state index in [1.165, 1.54) is 17.2 Å². The van der Waals surface area contributed by atoms with Gasteiger partial charge in [-0.25, -0.2) is 4.98 Å². The van der Waals surface area contributed by atoms with Crippen molar-refractivity contribution >= 4 is 11.7 Å². The first kappa shape index (κ1) is 22.6. The fraction of sp³-hybridized carbons (Fsp3) is 0.500. The van der Waals surface area contributed by atoms with Crippen LogP contribution in [0.2, 0.25) is 0 Å². The van der Waals surface area contributed by atoms with Gasteiger partial charge in [0.2, 0.25) is 5.91 Å². The molecular weight excluding hydrogens is 417 g/mol. The van der Waals surface area contributed by atoms with Gasteiger partial charge in [0.15, 0.2) is 0 Å². The molecule has 8 heteroatoms. The van der Waals surface area contributed by atoms with Crippen LogP contribution in [0.1, 0.15) is 29.5 Å². The maximum absolute atomic E-state index is 13.0. The van der Waals surface area contributed by atoms with E-state index in [0.29, 0.717) is 31.7 Å². The molecule has 0 saturated carbocycles. The van der Waals surface area contributed by atoms with Gasteiger partial charge in [-0.15, -0.1) is 0 Å². The van der Waals surface area contributed by atoms with Crippen molar-refractivity contribution in [1.82, 2.24) is 14.8 Å². The number of aryl methyl sites for hydroxylation is 1. The molecule has 2 aliphatic rings. The number of piperazine rings is 1. The van der Waals surface area contributed by atoms with Gasteiger partial charge in [-0.2, -0.15) is 13.2 Å². The second kappa shape index (κ2) is 9.48. The standard InChI is InChI=1S/C24H29F3N4O/c1-18-3-2-4-19(15-18)17-29-11-13-31(14-12-29)23(32)20-7-9-30(10-8-20)22-6-5-21(16-28-22)24(25,26)27/h2-6,15-16,20H,7-14,17H2,1H3. The molecule has 0 spiro atoms. The number of halogens is 3. The lowest BCUT2D eigenvalue weighted by Gasteiger charge is -2.39. The molecule has 0 bridgehead atoms. The average molecular weight is 447 g/mol. The lowest BCUT2D eigenvalue weighted by Crippen LogP contribution is -2.51. The quantitative estimate of drug-likeness (QED) is 0.713. The molecule has 2 saturated heterocycles. The van der Waals surface area contributed by atoms with E-state index in [1.807, 2.05) is 9.80 Å². The van der Waals surface area contributed by atoms with Crippen LogP contribution in [0.25, 0.3) is 0 Å². The highest BCUT2D eigenvalue weighted by Gasteiger charge is 2.33. The van der Waals surface area contributed by atoms with Crippen LogP contribution in [0.4, 0.5) is 19.0 Å². The first-order valence-electron chi connectivity index (χ1n) is 11.1. The van der Waals surface area contributed by atoms with Crippen molar-refractivity contribution in [3.05, 3.63) is 59.3 Å². The maximum atomic E-state index is 13.0. The number of pyridine rings is 1. The van der Waals surface area contributed by atoms with Crippen molar-refractivity contribution in [3.8, 4) is 0 Å². The Morgan fingerprint density at radius 1 is 1.03 bits per heavy atom. The summed E-state index contributed by atoms with van der Waals surface area (Å²) in [5, 5.41) is 0. The number of piperidine rings is 1. The molecular formula is C24H29F3N4O. The molecule has 2 aromatic rings. The summed E-state index contributed by atoms with van der Waals surface area (Å²) in [7, 11) is 0. The maximum Gasteiger partial charge on any atom is 0.417 e. The van der Waals surface area contributed by atoms with Crippen LogP contribution < -0.4 is 4.90 Å². The highest BCUT2D eigenvalue weighted by Crippen LogP contribution is 2.30. The van der Waals surface area contributed by atoms with E-state index in [-0.39, 0.29) is 11.8 Å². The molecule has 1 aromatic heterocycles. The first-order chi connectivity index (χ1) is 15.3. The number of anilines is 1. The SMILES string of the molecule is Cc1cccc(CN2CCN(C(=O)C3CCN(c4ccc(C(F)(F)F)cn4)CC3)CC2)c1. The predicted octanol–water partition coefficient (Wildman–Crippen LogP) is 3.97. The molecule has 32 heavy (non-hydrogen) atoms. The van der Waals surface area contributed by atoms with E-state index >= 15 is 0 Å². The van der Waals surface area contributed by atoms with E-state index in [1.54, 1.807) is 0 Å². The van der Waals surface area contributed by atoms with Gasteiger partial charge in [-0.3, -0.25) is 9.69 Å². The Kier molecular flexibility index (Phi) is 6.69. The fourth-order valence-electron chi connectivity index (χ4n) is 4.55. The minimum absolute atomic E-state index is 0.0241. The van der Waals surface area contributed by atoms with Crippen LogP contribution in [0, 0.1) is 12.8 Å². The number of hydrogen-bond acceptors (Lipinski definition) is 4. The van der Waals surface area contributed by atoms with E-state index in [0.717, 1.165) is 45.0 Å². The number of alkyl halides is 3. The Labute approximate surface area is 186 Å². The zero-order valence-electron chi connectivity index (χ0n) is 18.3. The van der Waals surface area contributed by atoms with Crippen LogP contribution in [-0.4, -0.2) is 60.0 Å². The molecule has 2 aliphatic heterocycles. The van der Waals surface area contributed by atoms with Crippen molar-refractivity contribution in [2.75, 3.05) is 44.2 Å². The Morgan fingerprint density at radius 3 is 2.34 bits per heavy atom. The largest absolute Gasteiger partial charge is 0.417 e. The van der Waals surface area contributed by atoms with Gasteiger partial charge >= 0.3 is 6.18 Å². The third-order valence-corrected chi connectivity index (χ3v) is 6.42. The lowest BCUT2D eigenvalue weighted by atomic mass is 9.95. The zero-order chi connectivity index (χ0) is 22.7. The molecule has 1 aromatic carbocycles. The van der Waals surface area contributed by atoms with Gasteiger partial charge in [-0.1, -0.05) is 29.8 Å². The van der Waals surface area contributed by atoms with Crippen LogP contribution in [0.15, 0.2) is 42.6 Å². The van der Waals surface area contributed by atoms with Crippen LogP contribution >= 0.6 is 0 Å². The number of rotatable bonds is 4. The Morgan fingerprint density at radius 2 is 1.75 bits per heavy atom. The van der Waals surface area contributed by atoms with Crippen molar-refractivity contribution in [2.45, 2.75) is 32.5 Å². The number of carbonyl (C=O) groups excluding carboxylic acids is 1. The van der Waals surface area contributed by atoms with Gasteiger partial charge < -0.3 is 9.80 Å². The van der Waals surface area contributed by atoms with Crippen LogP contribution in [0.3, 0.4) is 0 Å². The fourth-order valence-corrected chi connectivity index (χ4v) is 4.55. The highest BCUT2D eigenvalue weighted by atomic mass is 19.4. The van der Waals surface area contributed by atoms with Crippen LogP contribution in [0.5, 0.6) is 0 Å². The van der Waals surface area contributed by atoms with E-state index in [9.17, 15) is 18.0 Å². The molecule has 5 nitrogen and oxygen atoms in total. The Hall–Kier alpha value is -2.61. The molecule has 0 aliphatic carbocycles. The van der Waals surface area contributed by atoms with Crippen molar-refractivity contribution in [2.24, 2.45) is 5.92 Å². The number of amides is 1. The molecule has 172 valence electrons. The number of aromatic nitrogens is 1. The van der Waals surface area contributed by atoms with Gasteiger partial charge in [-0.05, 0) is 37.5 Å². The smallest absolute Gasteiger partial charge is 0.357 e. The molecule has 0 unspecified atom stereocenters.